The highest BCUT2D eigenvalue weighted by molar-refractivity contribution is 5.89. The molecule has 0 aliphatic rings. The molecule has 1 aromatic heterocycles. The fourth-order valence-electron chi connectivity index (χ4n) is 2.59. The minimum Gasteiger partial charge on any atom is -0.497 e. The van der Waals surface area contributed by atoms with Crippen LogP contribution in [0, 0.1) is 6.92 Å². The molecule has 2 aromatic carbocycles. The zero-order chi connectivity index (χ0) is 20.6. The Hall–Kier alpha value is -3.55. The molecule has 0 spiro atoms. The van der Waals surface area contributed by atoms with Crippen molar-refractivity contribution in [3.63, 3.8) is 0 Å². The Morgan fingerprint density at radius 1 is 1.17 bits per heavy atom. The molecular formula is C21H24N4O4. The zero-order valence-corrected chi connectivity index (χ0v) is 16.7. The number of nitrogens with zero attached hydrogens (tertiary/aromatic N) is 3. The van der Waals surface area contributed by atoms with Crippen LogP contribution >= 0.6 is 0 Å². The third kappa shape index (κ3) is 5.97. The van der Waals surface area contributed by atoms with Gasteiger partial charge in [0.1, 0.15) is 11.5 Å². The van der Waals surface area contributed by atoms with E-state index in [1.165, 1.54) is 0 Å². The monoisotopic (exact) mass is 396 g/mol. The second kappa shape index (κ2) is 9.59. The number of aryl methyl sites for hydroxylation is 1. The van der Waals surface area contributed by atoms with Gasteiger partial charge in [-0.1, -0.05) is 23.4 Å². The average molecular weight is 396 g/mol. The minimum atomic E-state index is -0.232. The number of hydrogen-bond acceptors (Lipinski definition) is 6. The maximum absolute atomic E-state index is 12.3. The van der Waals surface area contributed by atoms with Gasteiger partial charge in [0, 0.05) is 31.8 Å². The number of likely N-dealkylation sites (N-methyl/N-ethyl adjacent to an activating group) is 1. The number of carbonyl (C=O) groups excluding carboxylic acids is 1. The van der Waals surface area contributed by atoms with Crippen molar-refractivity contribution in [1.82, 2.24) is 15.0 Å². The predicted octanol–water partition coefficient (Wildman–Crippen LogP) is 3.67. The normalized spacial score (nSPS) is 10.4. The molecule has 8 heteroatoms. The van der Waals surface area contributed by atoms with Crippen LogP contribution in [0.1, 0.15) is 17.3 Å². The Bertz CT molecular complexity index is 957. The maximum atomic E-state index is 12.3. The summed E-state index contributed by atoms with van der Waals surface area (Å²) in [6.07, 6.45) is 0.468. The SMILES string of the molecule is COc1cccc(NC(=O)N(C)CCc2noc(COc3cccc(C)c3)n2)c1. The summed E-state index contributed by atoms with van der Waals surface area (Å²) in [5.74, 6) is 2.34. The molecule has 0 unspecified atom stereocenters. The molecule has 8 nitrogen and oxygen atoms in total. The van der Waals surface area contributed by atoms with Crippen molar-refractivity contribution >= 4 is 11.7 Å². The molecule has 0 bridgehead atoms. The minimum absolute atomic E-state index is 0.197. The third-order valence-corrected chi connectivity index (χ3v) is 4.20. The number of carbonyl (C=O) groups is 1. The van der Waals surface area contributed by atoms with Crippen LogP contribution in [-0.2, 0) is 13.0 Å². The predicted molar refractivity (Wildman–Crippen MR) is 108 cm³/mol. The van der Waals surface area contributed by atoms with Crippen molar-refractivity contribution in [2.24, 2.45) is 0 Å². The Morgan fingerprint density at radius 2 is 1.97 bits per heavy atom. The van der Waals surface area contributed by atoms with Crippen LogP contribution in [0.2, 0.25) is 0 Å². The quantitative estimate of drug-likeness (QED) is 0.625. The van der Waals surface area contributed by atoms with Crippen LogP contribution in [0.4, 0.5) is 10.5 Å². The van der Waals surface area contributed by atoms with Crippen molar-refractivity contribution in [1.29, 1.82) is 0 Å². The Labute approximate surface area is 169 Å². The van der Waals surface area contributed by atoms with E-state index in [4.69, 9.17) is 14.0 Å². The number of methoxy groups -OCH3 is 1. The van der Waals surface area contributed by atoms with Crippen molar-refractivity contribution in [3.8, 4) is 11.5 Å². The van der Waals surface area contributed by atoms with E-state index >= 15 is 0 Å². The highest BCUT2D eigenvalue weighted by Crippen LogP contribution is 2.17. The summed E-state index contributed by atoms with van der Waals surface area (Å²) in [5, 5.41) is 6.77. The van der Waals surface area contributed by atoms with Crippen LogP contribution in [0.5, 0.6) is 11.5 Å². The average Bonchev–Trinajstić information content (AvgIpc) is 3.18. The van der Waals surface area contributed by atoms with Gasteiger partial charge in [-0.2, -0.15) is 4.98 Å². The van der Waals surface area contributed by atoms with Crippen LogP contribution in [0.15, 0.2) is 53.1 Å². The molecule has 0 aliphatic heterocycles. The molecule has 0 aliphatic carbocycles. The second-order valence-corrected chi connectivity index (χ2v) is 6.54. The third-order valence-electron chi connectivity index (χ3n) is 4.20. The van der Waals surface area contributed by atoms with Gasteiger partial charge in [-0.05, 0) is 36.8 Å². The van der Waals surface area contributed by atoms with Crippen molar-refractivity contribution in [2.45, 2.75) is 20.0 Å². The van der Waals surface area contributed by atoms with E-state index in [9.17, 15) is 4.79 Å². The van der Waals surface area contributed by atoms with Crippen LogP contribution in [0.25, 0.3) is 0 Å². The van der Waals surface area contributed by atoms with Crippen molar-refractivity contribution in [3.05, 3.63) is 65.8 Å². The lowest BCUT2D eigenvalue weighted by Gasteiger charge is -2.17. The Balaban J connectivity index is 1.46. The molecular weight excluding hydrogens is 372 g/mol. The number of ether oxygens (including phenoxy) is 2. The number of rotatable bonds is 8. The molecule has 3 rings (SSSR count). The maximum Gasteiger partial charge on any atom is 0.321 e. The number of anilines is 1. The number of aromatic nitrogens is 2. The fraction of sp³-hybridized carbons (Fsp3) is 0.286. The number of hydrogen-bond donors (Lipinski definition) is 1. The molecule has 1 N–H and O–H groups in total. The van der Waals surface area contributed by atoms with Gasteiger partial charge in [-0.25, -0.2) is 4.79 Å². The van der Waals surface area contributed by atoms with Gasteiger partial charge in [0.15, 0.2) is 12.4 Å². The van der Waals surface area contributed by atoms with Gasteiger partial charge < -0.3 is 24.2 Å². The first kappa shape index (κ1) is 20.2. The number of amides is 2. The number of benzene rings is 2. The Kier molecular flexibility index (Phi) is 6.67. The summed E-state index contributed by atoms with van der Waals surface area (Å²) in [5.41, 5.74) is 1.78. The van der Waals surface area contributed by atoms with Gasteiger partial charge in [0.25, 0.3) is 5.89 Å². The Morgan fingerprint density at radius 3 is 2.76 bits per heavy atom. The molecule has 152 valence electrons. The molecule has 3 aromatic rings. The van der Waals surface area contributed by atoms with E-state index in [0.717, 1.165) is 11.3 Å². The van der Waals surface area contributed by atoms with Crippen LogP contribution in [0.3, 0.4) is 0 Å². The van der Waals surface area contributed by atoms with E-state index < -0.39 is 0 Å². The first-order valence-electron chi connectivity index (χ1n) is 9.20. The topological polar surface area (TPSA) is 89.7 Å². The van der Waals surface area contributed by atoms with E-state index in [0.29, 0.717) is 36.1 Å². The van der Waals surface area contributed by atoms with Gasteiger partial charge in [0.2, 0.25) is 0 Å². The summed E-state index contributed by atoms with van der Waals surface area (Å²) in [6, 6.07) is 14.7. The lowest BCUT2D eigenvalue weighted by Crippen LogP contribution is -2.33. The molecule has 1 heterocycles. The zero-order valence-electron chi connectivity index (χ0n) is 16.7. The second-order valence-electron chi connectivity index (χ2n) is 6.54. The standard InChI is InChI=1S/C21H24N4O4/c1-15-6-4-9-18(12-15)28-14-20-23-19(24-29-20)10-11-25(2)21(26)22-16-7-5-8-17(13-16)27-3/h4-9,12-13H,10-11,14H2,1-3H3,(H,22,26). The van der Waals surface area contributed by atoms with Crippen molar-refractivity contribution < 1.29 is 18.8 Å². The van der Waals surface area contributed by atoms with Crippen molar-refractivity contribution in [2.75, 3.05) is 26.0 Å². The molecule has 29 heavy (non-hydrogen) atoms. The summed E-state index contributed by atoms with van der Waals surface area (Å²) in [4.78, 5) is 18.2. The largest absolute Gasteiger partial charge is 0.497 e. The molecule has 0 atom stereocenters. The number of urea groups is 1. The van der Waals surface area contributed by atoms with E-state index in [1.54, 1.807) is 31.2 Å². The molecule has 0 saturated heterocycles. The van der Waals surface area contributed by atoms with Crippen LogP contribution in [-0.4, -0.2) is 41.8 Å². The van der Waals surface area contributed by atoms with Gasteiger partial charge in [0.05, 0.1) is 7.11 Å². The molecule has 2 amide bonds. The molecule has 0 saturated carbocycles. The fourth-order valence-corrected chi connectivity index (χ4v) is 2.59. The summed E-state index contributed by atoms with van der Waals surface area (Å²) >= 11 is 0. The van der Waals surface area contributed by atoms with Gasteiger partial charge in [-0.15, -0.1) is 0 Å². The van der Waals surface area contributed by atoms with E-state index in [1.807, 2.05) is 43.3 Å². The highest BCUT2D eigenvalue weighted by Gasteiger charge is 2.12. The van der Waals surface area contributed by atoms with E-state index in [-0.39, 0.29) is 12.6 Å². The van der Waals surface area contributed by atoms with E-state index in [2.05, 4.69) is 15.5 Å². The lowest BCUT2D eigenvalue weighted by molar-refractivity contribution is 0.222. The van der Waals surface area contributed by atoms with Gasteiger partial charge in [-0.3, -0.25) is 0 Å². The van der Waals surface area contributed by atoms with Gasteiger partial charge >= 0.3 is 6.03 Å². The smallest absolute Gasteiger partial charge is 0.321 e. The molecule has 0 fully saturated rings. The first-order chi connectivity index (χ1) is 14.0. The lowest BCUT2D eigenvalue weighted by atomic mass is 10.2. The first-order valence-corrected chi connectivity index (χ1v) is 9.20. The number of nitrogens with one attached hydrogen (secondary N) is 1. The molecule has 0 radical (unpaired) electrons. The summed E-state index contributed by atoms with van der Waals surface area (Å²) in [7, 11) is 3.29. The summed E-state index contributed by atoms with van der Waals surface area (Å²) in [6.45, 7) is 2.63. The summed E-state index contributed by atoms with van der Waals surface area (Å²) < 4.78 is 16.0. The van der Waals surface area contributed by atoms with Crippen LogP contribution < -0.4 is 14.8 Å². The highest BCUT2D eigenvalue weighted by atomic mass is 16.5.